The molecule has 0 saturated carbocycles. The molecule has 0 atom stereocenters. The van der Waals surface area contributed by atoms with E-state index in [0.29, 0.717) is 44.6 Å². The van der Waals surface area contributed by atoms with Crippen LogP contribution in [0, 0.1) is 11.6 Å². The van der Waals surface area contributed by atoms with E-state index in [-0.39, 0.29) is 18.3 Å². The Hall–Kier alpha value is -3.16. The van der Waals surface area contributed by atoms with Crippen molar-refractivity contribution in [3.8, 4) is 5.75 Å². The van der Waals surface area contributed by atoms with E-state index in [4.69, 9.17) is 10.5 Å². The number of benzene rings is 2. The van der Waals surface area contributed by atoms with Crippen LogP contribution in [-0.4, -0.2) is 49.5 Å². The summed E-state index contributed by atoms with van der Waals surface area (Å²) in [4.78, 5) is 27.5. The second-order valence-corrected chi connectivity index (χ2v) is 6.81. The van der Waals surface area contributed by atoms with Crippen LogP contribution in [0.25, 0.3) is 0 Å². The lowest BCUT2D eigenvalue weighted by molar-refractivity contribution is -0.131. The quantitative estimate of drug-likeness (QED) is 0.721. The van der Waals surface area contributed by atoms with E-state index in [2.05, 4.69) is 4.90 Å². The van der Waals surface area contributed by atoms with Crippen molar-refractivity contribution >= 4 is 17.5 Å². The Morgan fingerprint density at radius 1 is 1.00 bits per heavy atom. The van der Waals surface area contributed by atoms with Gasteiger partial charge >= 0.3 is 0 Å². The molecular weight excluding hydrogens is 380 g/mol. The van der Waals surface area contributed by atoms with E-state index in [0.717, 1.165) is 17.8 Å². The number of halogens is 2. The number of hydrogen-bond acceptors (Lipinski definition) is 4. The van der Waals surface area contributed by atoms with Crippen molar-refractivity contribution in [2.24, 2.45) is 5.73 Å². The summed E-state index contributed by atoms with van der Waals surface area (Å²) < 4.78 is 31.6. The standard InChI is InChI=1S/C21H23F2N3O3/c22-16-5-8-19(18(23)14-16)29-13-1-2-20(27)26-11-9-25(10-12-26)17-6-3-15(4-7-17)21(24)28/h3-8,14H,1-2,9-13H2,(H2,24,28). The summed E-state index contributed by atoms with van der Waals surface area (Å²) in [7, 11) is 0. The van der Waals surface area contributed by atoms with Crippen molar-refractivity contribution in [3.63, 3.8) is 0 Å². The van der Waals surface area contributed by atoms with E-state index in [9.17, 15) is 18.4 Å². The molecule has 2 aromatic rings. The Morgan fingerprint density at radius 2 is 1.69 bits per heavy atom. The maximum atomic E-state index is 13.5. The molecule has 1 heterocycles. The van der Waals surface area contributed by atoms with E-state index in [1.165, 1.54) is 6.07 Å². The van der Waals surface area contributed by atoms with E-state index in [1.54, 1.807) is 17.0 Å². The fourth-order valence-electron chi connectivity index (χ4n) is 3.21. The van der Waals surface area contributed by atoms with Gasteiger partial charge in [0.25, 0.3) is 0 Å². The maximum Gasteiger partial charge on any atom is 0.248 e. The number of anilines is 1. The summed E-state index contributed by atoms with van der Waals surface area (Å²) in [5, 5.41) is 0. The predicted octanol–water partition coefficient (Wildman–Crippen LogP) is 2.57. The average molecular weight is 403 g/mol. The molecule has 2 N–H and O–H groups in total. The van der Waals surface area contributed by atoms with Crippen LogP contribution in [0.4, 0.5) is 14.5 Å². The van der Waals surface area contributed by atoms with Crippen LogP contribution in [0.2, 0.25) is 0 Å². The lowest BCUT2D eigenvalue weighted by atomic mass is 10.1. The minimum absolute atomic E-state index is 0.0187. The molecule has 29 heavy (non-hydrogen) atoms. The van der Waals surface area contributed by atoms with Crippen molar-refractivity contribution in [3.05, 3.63) is 59.7 Å². The molecule has 1 fully saturated rings. The Labute approximate surface area is 167 Å². The third-order valence-corrected chi connectivity index (χ3v) is 4.84. The summed E-state index contributed by atoms with van der Waals surface area (Å²) in [5.41, 5.74) is 6.70. The zero-order valence-corrected chi connectivity index (χ0v) is 15.9. The molecule has 1 aliphatic heterocycles. The van der Waals surface area contributed by atoms with Crippen LogP contribution >= 0.6 is 0 Å². The minimum Gasteiger partial charge on any atom is -0.491 e. The lowest BCUT2D eigenvalue weighted by Crippen LogP contribution is -2.48. The second-order valence-electron chi connectivity index (χ2n) is 6.81. The number of primary amides is 1. The number of nitrogens with two attached hydrogens (primary N) is 1. The first-order valence-electron chi connectivity index (χ1n) is 9.44. The van der Waals surface area contributed by atoms with Gasteiger partial charge in [0.15, 0.2) is 11.6 Å². The van der Waals surface area contributed by atoms with E-state index < -0.39 is 17.5 Å². The normalized spacial score (nSPS) is 14.0. The summed E-state index contributed by atoms with van der Waals surface area (Å²) in [6.45, 7) is 2.77. The Balaban J connectivity index is 1.40. The van der Waals surface area contributed by atoms with Gasteiger partial charge in [0.1, 0.15) is 5.82 Å². The monoisotopic (exact) mass is 403 g/mol. The largest absolute Gasteiger partial charge is 0.491 e. The maximum absolute atomic E-state index is 13.5. The number of nitrogens with zero attached hydrogens (tertiary/aromatic N) is 2. The first kappa shape index (κ1) is 20.6. The van der Waals surface area contributed by atoms with E-state index in [1.807, 2.05) is 12.1 Å². The Bertz CT molecular complexity index is 866. The van der Waals surface area contributed by atoms with Gasteiger partial charge in [-0.15, -0.1) is 0 Å². The van der Waals surface area contributed by atoms with Crippen LogP contribution in [0.3, 0.4) is 0 Å². The zero-order valence-electron chi connectivity index (χ0n) is 15.9. The molecule has 0 aromatic heterocycles. The molecule has 8 heteroatoms. The molecule has 0 bridgehead atoms. The minimum atomic E-state index is -0.753. The van der Waals surface area contributed by atoms with Crippen LogP contribution < -0.4 is 15.4 Å². The second kappa shape index (κ2) is 9.36. The highest BCUT2D eigenvalue weighted by Gasteiger charge is 2.21. The summed E-state index contributed by atoms with van der Waals surface area (Å²) in [6, 6.07) is 10.2. The van der Waals surface area contributed by atoms with Gasteiger partial charge in [-0.1, -0.05) is 0 Å². The molecule has 0 unspecified atom stereocenters. The number of rotatable bonds is 7. The molecule has 0 aliphatic carbocycles. The highest BCUT2D eigenvalue weighted by Crippen LogP contribution is 2.19. The molecule has 0 radical (unpaired) electrons. The third-order valence-electron chi connectivity index (χ3n) is 4.84. The van der Waals surface area contributed by atoms with Crippen molar-refractivity contribution in [2.75, 3.05) is 37.7 Å². The van der Waals surface area contributed by atoms with Gasteiger partial charge in [0.05, 0.1) is 6.61 Å². The zero-order chi connectivity index (χ0) is 20.8. The predicted molar refractivity (Wildman–Crippen MR) is 105 cm³/mol. The average Bonchev–Trinajstić information content (AvgIpc) is 2.72. The Morgan fingerprint density at radius 3 is 2.31 bits per heavy atom. The van der Waals surface area contributed by atoms with Gasteiger partial charge in [-0.2, -0.15) is 0 Å². The topological polar surface area (TPSA) is 75.9 Å². The van der Waals surface area contributed by atoms with Gasteiger partial charge in [-0.25, -0.2) is 8.78 Å². The van der Waals surface area contributed by atoms with Gasteiger partial charge in [0, 0.05) is 49.9 Å². The number of ether oxygens (including phenoxy) is 1. The van der Waals surface area contributed by atoms with Crippen LogP contribution in [-0.2, 0) is 4.79 Å². The molecule has 6 nitrogen and oxygen atoms in total. The highest BCUT2D eigenvalue weighted by atomic mass is 19.1. The summed E-state index contributed by atoms with van der Waals surface area (Å²) in [5.74, 6) is -1.87. The lowest BCUT2D eigenvalue weighted by Gasteiger charge is -2.36. The first-order chi connectivity index (χ1) is 13.9. The molecule has 1 saturated heterocycles. The number of piperazine rings is 1. The van der Waals surface area contributed by atoms with Gasteiger partial charge in [-0.3, -0.25) is 9.59 Å². The van der Waals surface area contributed by atoms with Crippen molar-refractivity contribution in [1.29, 1.82) is 0 Å². The number of amides is 2. The van der Waals surface area contributed by atoms with Crippen molar-refractivity contribution in [1.82, 2.24) is 4.90 Å². The van der Waals surface area contributed by atoms with Crippen LogP contribution in [0.1, 0.15) is 23.2 Å². The SMILES string of the molecule is NC(=O)c1ccc(N2CCN(C(=O)CCCOc3ccc(F)cc3F)CC2)cc1. The van der Waals surface area contributed by atoms with Gasteiger partial charge in [-0.05, 0) is 42.8 Å². The van der Waals surface area contributed by atoms with Crippen molar-refractivity contribution < 1.29 is 23.1 Å². The fourth-order valence-corrected chi connectivity index (χ4v) is 3.21. The smallest absolute Gasteiger partial charge is 0.248 e. The Kier molecular flexibility index (Phi) is 6.64. The van der Waals surface area contributed by atoms with E-state index >= 15 is 0 Å². The number of carbonyl (C=O) groups excluding carboxylic acids is 2. The van der Waals surface area contributed by atoms with Gasteiger partial charge < -0.3 is 20.3 Å². The highest BCUT2D eigenvalue weighted by molar-refractivity contribution is 5.93. The number of carbonyl (C=O) groups is 2. The molecule has 2 amide bonds. The van der Waals surface area contributed by atoms with Crippen molar-refractivity contribution in [2.45, 2.75) is 12.8 Å². The molecule has 2 aromatic carbocycles. The van der Waals surface area contributed by atoms with Gasteiger partial charge in [0.2, 0.25) is 11.8 Å². The molecule has 3 rings (SSSR count). The van der Waals surface area contributed by atoms with Crippen LogP contribution in [0.5, 0.6) is 5.75 Å². The summed E-state index contributed by atoms with van der Waals surface area (Å²) in [6.07, 6.45) is 0.751. The molecule has 0 spiro atoms. The molecule has 154 valence electrons. The number of hydrogen-bond donors (Lipinski definition) is 1. The fraction of sp³-hybridized carbons (Fsp3) is 0.333. The van der Waals surface area contributed by atoms with Crippen LogP contribution in [0.15, 0.2) is 42.5 Å². The third kappa shape index (κ3) is 5.43. The molecule has 1 aliphatic rings. The first-order valence-corrected chi connectivity index (χ1v) is 9.44. The molecular formula is C21H23F2N3O3. The summed E-state index contributed by atoms with van der Waals surface area (Å²) >= 11 is 0.